The van der Waals surface area contributed by atoms with E-state index in [1.807, 2.05) is 11.8 Å². The number of hydrogen-bond donors (Lipinski definition) is 1. The third-order valence-electron chi connectivity index (χ3n) is 2.29. The molecule has 0 spiro atoms. The predicted octanol–water partition coefficient (Wildman–Crippen LogP) is -0.246. The van der Waals surface area contributed by atoms with E-state index in [9.17, 15) is 0 Å². The molecular formula is C6H11NO2. The van der Waals surface area contributed by atoms with Gasteiger partial charge in [0.2, 0.25) is 6.41 Å². The van der Waals surface area contributed by atoms with Crippen LogP contribution in [0.25, 0.3) is 0 Å². The Hall–Kier alpha value is -0.120. The summed E-state index contributed by atoms with van der Waals surface area (Å²) in [4.78, 5) is 1.96. The maximum Gasteiger partial charge on any atom is 0.217 e. The van der Waals surface area contributed by atoms with Gasteiger partial charge >= 0.3 is 0 Å². The van der Waals surface area contributed by atoms with Crippen molar-refractivity contribution in [2.45, 2.75) is 38.4 Å². The van der Waals surface area contributed by atoms with E-state index in [0.29, 0.717) is 12.1 Å². The molecule has 0 amide bonds. The van der Waals surface area contributed by atoms with Crippen molar-refractivity contribution >= 4 is 0 Å². The van der Waals surface area contributed by atoms with Gasteiger partial charge in [0.15, 0.2) is 0 Å². The van der Waals surface area contributed by atoms with Gasteiger partial charge in [0, 0.05) is 6.04 Å². The van der Waals surface area contributed by atoms with E-state index in [1.54, 1.807) is 0 Å². The van der Waals surface area contributed by atoms with Crippen LogP contribution in [-0.4, -0.2) is 34.6 Å². The topological polar surface area (TPSA) is 32.5 Å². The van der Waals surface area contributed by atoms with Crippen molar-refractivity contribution in [2.75, 3.05) is 0 Å². The van der Waals surface area contributed by atoms with E-state index < -0.39 is 6.41 Å². The lowest BCUT2D eigenvalue weighted by atomic mass is 10.2. The molecule has 2 aliphatic heterocycles. The SMILES string of the molecule is CC1[C@@H]2[C@H](C)OC(O)N12. The molecule has 9 heavy (non-hydrogen) atoms. The lowest BCUT2D eigenvalue weighted by Gasteiger charge is -2.09. The zero-order valence-electron chi connectivity index (χ0n) is 5.61. The second-order valence-electron chi connectivity index (χ2n) is 2.85. The Labute approximate surface area is 54.2 Å². The fourth-order valence-electron chi connectivity index (χ4n) is 1.72. The van der Waals surface area contributed by atoms with Gasteiger partial charge in [-0.3, -0.25) is 0 Å². The van der Waals surface area contributed by atoms with Crippen LogP contribution >= 0.6 is 0 Å². The van der Waals surface area contributed by atoms with Crippen LogP contribution in [0.1, 0.15) is 13.8 Å². The van der Waals surface area contributed by atoms with Crippen LogP contribution in [-0.2, 0) is 4.74 Å². The normalized spacial score (nSPS) is 63.7. The highest BCUT2D eigenvalue weighted by Crippen LogP contribution is 2.40. The molecular weight excluding hydrogens is 118 g/mol. The van der Waals surface area contributed by atoms with Crippen molar-refractivity contribution < 1.29 is 9.84 Å². The molecule has 2 heterocycles. The number of aliphatic hydroxyl groups is 1. The van der Waals surface area contributed by atoms with Gasteiger partial charge < -0.3 is 9.84 Å². The van der Waals surface area contributed by atoms with Gasteiger partial charge in [-0.25, -0.2) is 4.90 Å². The first-order chi connectivity index (χ1) is 4.22. The second-order valence-corrected chi connectivity index (χ2v) is 2.85. The van der Waals surface area contributed by atoms with Crippen LogP contribution in [0.2, 0.25) is 0 Å². The summed E-state index contributed by atoms with van der Waals surface area (Å²) < 4.78 is 5.08. The maximum absolute atomic E-state index is 9.08. The largest absolute Gasteiger partial charge is 0.356 e. The fraction of sp³-hybridized carbons (Fsp3) is 1.00. The highest BCUT2D eigenvalue weighted by atomic mass is 16.7. The average Bonchev–Trinajstić information content (AvgIpc) is 2.30. The Morgan fingerprint density at radius 2 is 2.11 bits per heavy atom. The summed E-state index contributed by atoms with van der Waals surface area (Å²) in [5.74, 6) is 0. The van der Waals surface area contributed by atoms with E-state index in [2.05, 4.69) is 6.92 Å². The molecule has 3 nitrogen and oxygen atoms in total. The highest BCUT2D eigenvalue weighted by molar-refractivity contribution is 5.06. The lowest BCUT2D eigenvalue weighted by molar-refractivity contribution is -0.144. The molecule has 0 aliphatic carbocycles. The Morgan fingerprint density at radius 1 is 1.44 bits per heavy atom. The highest BCUT2D eigenvalue weighted by Gasteiger charge is 2.57. The van der Waals surface area contributed by atoms with Gasteiger partial charge in [0.05, 0.1) is 12.1 Å². The number of nitrogens with zero attached hydrogens (tertiary/aromatic N) is 1. The zero-order valence-corrected chi connectivity index (χ0v) is 5.61. The minimum absolute atomic E-state index is 0.218. The van der Waals surface area contributed by atoms with Crippen LogP contribution in [0.15, 0.2) is 0 Å². The number of aliphatic hydroxyl groups excluding tert-OH is 1. The molecule has 1 N–H and O–H groups in total. The van der Waals surface area contributed by atoms with E-state index >= 15 is 0 Å². The molecule has 2 aliphatic rings. The van der Waals surface area contributed by atoms with Crippen LogP contribution in [0.5, 0.6) is 0 Å². The van der Waals surface area contributed by atoms with E-state index in [-0.39, 0.29) is 6.10 Å². The van der Waals surface area contributed by atoms with Crippen molar-refractivity contribution in [3.8, 4) is 0 Å². The first-order valence-corrected chi connectivity index (χ1v) is 3.33. The summed E-state index contributed by atoms with van der Waals surface area (Å²) in [6.45, 7) is 4.10. The predicted molar refractivity (Wildman–Crippen MR) is 31.6 cm³/mol. The Bertz CT molecular complexity index is 125. The number of rotatable bonds is 0. The molecule has 0 aromatic heterocycles. The Morgan fingerprint density at radius 3 is 2.33 bits per heavy atom. The average molecular weight is 129 g/mol. The zero-order chi connectivity index (χ0) is 6.59. The summed E-state index contributed by atoms with van der Waals surface area (Å²) in [6, 6.07) is 1.02. The van der Waals surface area contributed by atoms with E-state index in [1.165, 1.54) is 0 Å². The first-order valence-electron chi connectivity index (χ1n) is 3.33. The molecule has 5 atom stereocenters. The second kappa shape index (κ2) is 1.48. The molecule has 0 aromatic rings. The molecule has 0 bridgehead atoms. The van der Waals surface area contributed by atoms with Crippen molar-refractivity contribution in [2.24, 2.45) is 0 Å². The van der Waals surface area contributed by atoms with Crippen molar-refractivity contribution in [3.05, 3.63) is 0 Å². The fourth-order valence-corrected chi connectivity index (χ4v) is 1.72. The molecule has 2 fully saturated rings. The number of fused-ring (bicyclic) bond motifs is 1. The minimum atomic E-state index is -0.625. The molecule has 2 saturated heterocycles. The molecule has 2 rings (SSSR count). The van der Waals surface area contributed by atoms with Crippen molar-refractivity contribution in [1.29, 1.82) is 0 Å². The Kier molecular flexibility index (Phi) is 0.928. The molecule has 3 heteroatoms. The van der Waals surface area contributed by atoms with Crippen molar-refractivity contribution in [1.82, 2.24) is 4.90 Å². The lowest BCUT2D eigenvalue weighted by Crippen LogP contribution is -2.21. The van der Waals surface area contributed by atoms with Crippen LogP contribution in [0.4, 0.5) is 0 Å². The first kappa shape index (κ1) is 5.65. The molecule has 3 unspecified atom stereocenters. The standard InChI is InChI=1S/C6H11NO2/c1-3-5-4(2)9-6(8)7(3)5/h3-6,8H,1-2H3/t3?,4-,5+,6?,7?/m0/s1. The molecule has 0 radical (unpaired) electrons. The monoisotopic (exact) mass is 129 g/mol. The van der Waals surface area contributed by atoms with Gasteiger partial charge in [0.1, 0.15) is 0 Å². The number of ether oxygens (including phenoxy) is 1. The summed E-state index contributed by atoms with van der Waals surface area (Å²) >= 11 is 0. The Balaban J connectivity index is 2.10. The third-order valence-corrected chi connectivity index (χ3v) is 2.29. The third kappa shape index (κ3) is 0.569. The van der Waals surface area contributed by atoms with Gasteiger partial charge in [-0.15, -0.1) is 0 Å². The van der Waals surface area contributed by atoms with Gasteiger partial charge in [0.25, 0.3) is 0 Å². The summed E-state index contributed by atoms with van der Waals surface area (Å²) in [6.07, 6.45) is -0.407. The molecule has 0 aromatic carbocycles. The van der Waals surface area contributed by atoms with Crippen molar-refractivity contribution in [3.63, 3.8) is 0 Å². The van der Waals surface area contributed by atoms with Crippen LogP contribution in [0.3, 0.4) is 0 Å². The summed E-state index contributed by atoms with van der Waals surface area (Å²) in [5.41, 5.74) is 0. The maximum atomic E-state index is 9.08. The van der Waals surface area contributed by atoms with E-state index in [4.69, 9.17) is 9.84 Å². The summed E-state index contributed by atoms with van der Waals surface area (Å²) in [5, 5.41) is 9.08. The van der Waals surface area contributed by atoms with Crippen LogP contribution in [0, 0.1) is 0 Å². The minimum Gasteiger partial charge on any atom is -0.356 e. The molecule has 52 valence electrons. The summed E-state index contributed by atoms with van der Waals surface area (Å²) in [7, 11) is 0. The smallest absolute Gasteiger partial charge is 0.217 e. The van der Waals surface area contributed by atoms with Crippen LogP contribution < -0.4 is 0 Å². The van der Waals surface area contributed by atoms with Gasteiger partial charge in [-0.1, -0.05) is 0 Å². The van der Waals surface area contributed by atoms with Gasteiger partial charge in [-0.05, 0) is 13.8 Å². The quantitative estimate of drug-likeness (QED) is 0.458. The van der Waals surface area contributed by atoms with E-state index in [0.717, 1.165) is 0 Å². The molecule has 0 saturated carbocycles. The number of hydrogen-bond acceptors (Lipinski definition) is 3. The van der Waals surface area contributed by atoms with Gasteiger partial charge in [-0.2, -0.15) is 0 Å².